The Kier molecular flexibility index (Phi) is 4.52. The van der Waals surface area contributed by atoms with Crippen LogP contribution in [0.15, 0.2) is 23.1 Å². The van der Waals surface area contributed by atoms with Gasteiger partial charge in [0.15, 0.2) is 0 Å². The van der Waals surface area contributed by atoms with Crippen LogP contribution < -0.4 is 5.32 Å². The lowest BCUT2D eigenvalue weighted by molar-refractivity contribution is 0.448. The Balaban J connectivity index is 0.00000144. The molecule has 4 rings (SSSR count). The molecular weight excluding hydrogens is 320 g/mol. The van der Waals surface area contributed by atoms with Crippen molar-refractivity contribution < 1.29 is 8.42 Å². The summed E-state index contributed by atoms with van der Waals surface area (Å²) in [6.45, 7) is 3.27. The highest BCUT2D eigenvalue weighted by Crippen LogP contribution is 2.32. The largest absolute Gasteiger partial charge is 0.316 e. The maximum atomic E-state index is 12.9. The maximum Gasteiger partial charge on any atom is 0.243 e. The molecule has 1 aromatic rings. The van der Waals surface area contributed by atoms with Gasteiger partial charge in [-0.25, -0.2) is 8.42 Å². The summed E-state index contributed by atoms with van der Waals surface area (Å²) in [5.41, 5.74) is 2.58. The molecule has 2 saturated heterocycles. The van der Waals surface area contributed by atoms with Gasteiger partial charge in [0.05, 0.1) is 4.90 Å². The average molecular weight is 343 g/mol. The molecule has 0 amide bonds. The summed E-state index contributed by atoms with van der Waals surface area (Å²) in [4.78, 5) is 0.496. The Bertz CT molecular complexity index is 650. The van der Waals surface area contributed by atoms with Crippen LogP contribution in [0.1, 0.15) is 24.0 Å². The molecule has 0 bridgehead atoms. The fraction of sp³-hybridized carbons (Fsp3) is 0.625. The van der Waals surface area contributed by atoms with Gasteiger partial charge in [-0.1, -0.05) is 6.07 Å². The van der Waals surface area contributed by atoms with Gasteiger partial charge >= 0.3 is 0 Å². The molecule has 2 fully saturated rings. The Labute approximate surface area is 138 Å². The number of benzene rings is 1. The number of halogens is 1. The first kappa shape index (κ1) is 16.2. The molecule has 4 nitrogen and oxygen atoms in total. The highest BCUT2D eigenvalue weighted by Gasteiger charge is 2.41. The zero-order chi connectivity index (χ0) is 14.4. The van der Waals surface area contributed by atoms with Crippen LogP contribution in [0.4, 0.5) is 0 Å². The van der Waals surface area contributed by atoms with E-state index in [0.29, 0.717) is 29.8 Å². The average Bonchev–Trinajstić information content (AvgIpc) is 3.08. The predicted octanol–water partition coefficient (Wildman–Crippen LogP) is 1.83. The van der Waals surface area contributed by atoms with Crippen LogP contribution in [0.25, 0.3) is 0 Å². The Hall–Kier alpha value is -0.620. The first-order chi connectivity index (χ1) is 10.1. The summed E-state index contributed by atoms with van der Waals surface area (Å²) < 4.78 is 27.4. The molecule has 3 aliphatic rings. The van der Waals surface area contributed by atoms with E-state index in [1.54, 1.807) is 4.31 Å². The third-order valence-electron chi connectivity index (χ3n) is 5.31. The predicted molar refractivity (Wildman–Crippen MR) is 88.9 cm³/mol. The van der Waals surface area contributed by atoms with Gasteiger partial charge in [0.2, 0.25) is 10.0 Å². The third-order valence-corrected chi connectivity index (χ3v) is 7.14. The summed E-state index contributed by atoms with van der Waals surface area (Å²) in [6, 6.07) is 5.77. The summed E-state index contributed by atoms with van der Waals surface area (Å²) in [7, 11) is -3.31. The van der Waals surface area contributed by atoms with Crippen molar-refractivity contribution in [1.29, 1.82) is 0 Å². The second kappa shape index (κ2) is 6.11. The number of nitrogens with one attached hydrogen (secondary N) is 1. The fourth-order valence-electron chi connectivity index (χ4n) is 4.03. The van der Waals surface area contributed by atoms with Gasteiger partial charge in [-0.15, -0.1) is 12.4 Å². The third kappa shape index (κ3) is 2.68. The molecule has 2 atom stereocenters. The van der Waals surface area contributed by atoms with Gasteiger partial charge in [0.25, 0.3) is 0 Å². The molecule has 122 valence electrons. The molecule has 0 radical (unpaired) electrons. The molecule has 2 aliphatic heterocycles. The molecule has 0 unspecified atom stereocenters. The monoisotopic (exact) mass is 342 g/mol. The lowest BCUT2D eigenvalue weighted by atomic mass is 9.92. The molecule has 22 heavy (non-hydrogen) atoms. The van der Waals surface area contributed by atoms with E-state index < -0.39 is 10.0 Å². The van der Waals surface area contributed by atoms with Crippen molar-refractivity contribution in [2.45, 2.75) is 30.6 Å². The van der Waals surface area contributed by atoms with Crippen LogP contribution in [0, 0.1) is 11.8 Å². The highest BCUT2D eigenvalue weighted by atomic mass is 35.5. The standard InChI is InChI=1S/C16H22N2O2S.ClH/c19-21(20,18-10-14-8-17-9-15(14)11-18)16-6-5-12-3-1-2-4-13(12)7-16;/h5-7,14-15,17H,1-4,8-11H2;1H/t14-,15+;. The molecule has 2 heterocycles. The molecule has 1 aliphatic carbocycles. The van der Waals surface area contributed by atoms with Gasteiger partial charge in [-0.2, -0.15) is 4.31 Å². The first-order valence-corrected chi connectivity index (χ1v) is 9.41. The second-order valence-corrected chi connectivity index (χ2v) is 8.58. The van der Waals surface area contributed by atoms with Gasteiger partial charge in [0.1, 0.15) is 0 Å². The number of hydrogen-bond donors (Lipinski definition) is 1. The number of nitrogens with zero attached hydrogens (tertiary/aromatic N) is 1. The van der Waals surface area contributed by atoms with Crippen molar-refractivity contribution in [2.24, 2.45) is 11.8 Å². The van der Waals surface area contributed by atoms with Gasteiger partial charge in [-0.05, 0) is 73.9 Å². The minimum atomic E-state index is -3.31. The number of fused-ring (bicyclic) bond motifs is 2. The first-order valence-electron chi connectivity index (χ1n) is 7.97. The lowest BCUT2D eigenvalue weighted by Gasteiger charge is -2.20. The lowest BCUT2D eigenvalue weighted by Crippen LogP contribution is -2.32. The minimum absolute atomic E-state index is 0. The van der Waals surface area contributed by atoms with Crippen molar-refractivity contribution in [3.63, 3.8) is 0 Å². The van der Waals surface area contributed by atoms with Crippen molar-refractivity contribution in [2.75, 3.05) is 26.2 Å². The molecular formula is C16H23ClN2O2S. The maximum absolute atomic E-state index is 12.9. The Morgan fingerprint density at radius 1 is 1.00 bits per heavy atom. The van der Waals surface area contributed by atoms with Gasteiger partial charge in [0, 0.05) is 13.1 Å². The van der Waals surface area contributed by atoms with E-state index in [1.165, 1.54) is 24.0 Å². The van der Waals surface area contributed by atoms with Gasteiger partial charge in [-0.3, -0.25) is 0 Å². The van der Waals surface area contributed by atoms with Crippen molar-refractivity contribution in [3.05, 3.63) is 29.3 Å². The van der Waals surface area contributed by atoms with Crippen LogP contribution in [0.3, 0.4) is 0 Å². The highest BCUT2D eigenvalue weighted by molar-refractivity contribution is 7.89. The minimum Gasteiger partial charge on any atom is -0.316 e. The fourth-order valence-corrected chi connectivity index (χ4v) is 5.63. The second-order valence-electron chi connectivity index (χ2n) is 6.64. The molecule has 6 heteroatoms. The van der Waals surface area contributed by atoms with Crippen LogP contribution >= 0.6 is 12.4 Å². The zero-order valence-corrected chi connectivity index (χ0v) is 14.3. The number of rotatable bonds is 2. The topological polar surface area (TPSA) is 49.4 Å². The smallest absolute Gasteiger partial charge is 0.243 e. The summed E-state index contributed by atoms with van der Waals surface area (Å²) in [6.07, 6.45) is 4.51. The summed E-state index contributed by atoms with van der Waals surface area (Å²) >= 11 is 0. The molecule has 0 saturated carbocycles. The summed E-state index contributed by atoms with van der Waals surface area (Å²) in [5, 5.41) is 3.36. The SMILES string of the molecule is Cl.O=S(=O)(c1ccc2c(c1)CCCC2)N1C[C@H]2CNC[C@H]2C1. The number of sulfonamides is 1. The van der Waals surface area contributed by atoms with Gasteiger partial charge < -0.3 is 5.32 Å². The molecule has 1 aromatic carbocycles. The van der Waals surface area contributed by atoms with E-state index in [-0.39, 0.29) is 12.4 Å². The number of aryl methyl sites for hydroxylation is 2. The molecule has 1 N–H and O–H groups in total. The van der Waals surface area contributed by atoms with Crippen LogP contribution in [-0.2, 0) is 22.9 Å². The van der Waals surface area contributed by atoms with Crippen molar-refractivity contribution >= 4 is 22.4 Å². The Morgan fingerprint density at radius 2 is 1.64 bits per heavy atom. The Morgan fingerprint density at radius 3 is 2.32 bits per heavy atom. The zero-order valence-electron chi connectivity index (χ0n) is 12.6. The van der Waals surface area contributed by atoms with E-state index in [9.17, 15) is 8.42 Å². The van der Waals surface area contributed by atoms with Crippen molar-refractivity contribution in [1.82, 2.24) is 9.62 Å². The quantitative estimate of drug-likeness (QED) is 0.892. The molecule has 0 aromatic heterocycles. The van der Waals surface area contributed by atoms with E-state index in [4.69, 9.17) is 0 Å². The van der Waals surface area contributed by atoms with E-state index in [0.717, 1.165) is 25.9 Å². The van der Waals surface area contributed by atoms with E-state index in [1.807, 2.05) is 18.2 Å². The van der Waals surface area contributed by atoms with Crippen LogP contribution in [0.2, 0.25) is 0 Å². The van der Waals surface area contributed by atoms with Crippen LogP contribution in [0.5, 0.6) is 0 Å². The van der Waals surface area contributed by atoms with E-state index >= 15 is 0 Å². The van der Waals surface area contributed by atoms with Crippen LogP contribution in [-0.4, -0.2) is 38.9 Å². The van der Waals surface area contributed by atoms with E-state index in [2.05, 4.69) is 5.32 Å². The normalized spacial score (nSPS) is 28.0. The number of hydrogen-bond acceptors (Lipinski definition) is 3. The van der Waals surface area contributed by atoms with Crippen molar-refractivity contribution in [3.8, 4) is 0 Å². The molecule has 0 spiro atoms. The summed E-state index contributed by atoms with van der Waals surface area (Å²) in [5.74, 6) is 0.995.